The van der Waals surface area contributed by atoms with Gasteiger partial charge in [0.2, 0.25) is 0 Å². The maximum Gasteiger partial charge on any atom is 0.293 e. The highest BCUT2D eigenvalue weighted by Crippen LogP contribution is 2.29. The van der Waals surface area contributed by atoms with Crippen molar-refractivity contribution in [2.45, 2.75) is 6.92 Å². The third-order valence-electron chi connectivity index (χ3n) is 3.40. The van der Waals surface area contributed by atoms with E-state index in [2.05, 4.69) is 15.3 Å². The fraction of sp³-hybridized carbons (Fsp3) is 0.118. The van der Waals surface area contributed by atoms with Gasteiger partial charge in [0.25, 0.3) is 5.91 Å². The van der Waals surface area contributed by atoms with E-state index in [1.54, 1.807) is 24.4 Å². The summed E-state index contributed by atoms with van der Waals surface area (Å²) < 4.78 is 11.9. The van der Waals surface area contributed by atoms with Gasteiger partial charge in [-0.05, 0) is 37.3 Å². The van der Waals surface area contributed by atoms with Gasteiger partial charge in [-0.2, -0.15) is 0 Å². The molecule has 3 heterocycles. The van der Waals surface area contributed by atoms with Crippen LogP contribution >= 0.6 is 11.3 Å². The topological polar surface area (TPSA) is 77.2 Å². The van der Waals surface area contributed by atoms with E-state index in [-0.39, 0.29) is 11.7 Å². The van der Waals surface area contributed by atoms with Crippen LogP contribution in [0.1, 0.15) is 17.5 Å². The van der Waals surface area contributed by atoms with Crippen molar-refractivity contribution in [3.05, 3.63) is 48.4 Å². The highest BCUT2D eigenvalue weighted by molar-refractivity contribution is 7.22. The Morgan fingerprint density at radius 3 is 3.04 bits per heavy atom. The smallest absolute Gasteiger partial charge is 0.293 e. The molecule has 7 heteroatoms. The van der Waals surface area contributed by atoms with Crippen LogP contribution in [-0.4, -0.2) is 22.5 Å². The highest BCUT2D eigenvalue weighted by Gasteiger charge is 2.15. The molecule has 0 bridgehead atoms. The zero-order valence-corrected chi connectivity index (χ0v) is 13.6. The Hall–Kier alpha value is -2.93. The molecule has 0 aliphatic heterocycles. The second-order valence-corrected chi connectivity index (χ2v) is 6.06. The molecule has 4 rings (SSSR count). The van der Waals surface area contributed by atoms with Gasteiger partial charge in [-0.15, -0.1) is 0 Å². The quantitative estimate of drug-likeness (QED) is 0.606. The van der Waals surface area contributed by atoms with Crippen molar-refractivity contribution >= 4 is 43.7 Å². The Balaban J connectivity index is 1.59. The summed E-state index contributed by atoms with van der Waals surface area (Å²) in [6.45, 7) is 2.54. The first-order valence-corrected chi connectivity index (χ1v) is 8.24. The average molecular weight is 339 g/mol. The Labute approximate surface area is 141 Å². The summed E-state index contributed by atoms with van der Waals surface area (Å²) >= 11 is 1.39. The Kier molecular flexibility index (Phi) is 3.62. The van der Waals surface area contributed by atoms with Crippen LogP contribution in [0.2, 0.25) is 0 Å². The number of nitrogens with zero attached hydrogens (tertiary/aromatic N) is 2. The van der Waals surface area contributed by atoms with E-state index in [0.717, 1.165) is 16.0 Å². The molecule has 3 aromatic heterocycles. The second kappa shape index (κ2) is 5.93. The Bertz CT molecular complexity index is 1000. The molecule has 0 aliphatic rings. The number of aromatic nitrogens is 2. The summed E-state index contributed by atoms with van der Waals surface area (Å²) in [4.78, 5) is 20.9. The van der Waals surface area contributed by atoms with Crippen molar-refractivity contribution in [3.8, 4) is 5.75 Å². The van der Waals surface area contributed by atoms with Gasteiger partial charge >= 0.3 is 0 Å². The summed E-state index contributed by atoms with van der Waals surface area (Å²) in [7, 11) is 0. The van der Waals surface area contributed by atoms with Crippen LogP contribution in [0.3, 0.4) is 0 Å². The minimum Gasteiger partial charge on any atom is -0.494 e. The molecule has 24 heavy (non-hydrogen) atoms. The number of hydrogen-bond donors (Lipinski definition) is 1. The SMILES string of the molecule is CCOc1ccc2nc(NC(=O)c3cc4ncccc4o3)sc2c1. The molecule has 0 spiro atoms. The molecule has 0 fully saturated rings. The summed E-state index contributed by atoms with van der Waals surface area (Å²) in [5.74, 6) is 0.643. The standard InChI is InChI=1S/C17H13N3O3S/c1-2-22-10-5-6-11-15(8-10)24-17(19-11)20-16(21)14-9-12-13(23-14)4-3-7-18-12/h3-9H,2H2,1H3,(H,19,20,21). The van der Waals surface area contributed by atoms with Crippen LogP contribution in [0, 0.1) is 0 Å². The lowest BCUT2D eigenvalue weighted by molar-refractivity contribution is 0.0998. The number of thiazole rings is 1. The summed E-state index contributed by atoms with van der Waals surface area (Å²) in [6.07, 6.45) is 1.66. The molecule has 0 radical (unpaired) electrons. The number of ether oxygens (including phenoxy) is 1. The molecule has 0 saturated heterocycles. The Morgan fingerprint density at radius 1 is 1.29 bits per heavy atom. The first-order chi connectivity index (χ1) is 11.7. The summed E-state index contributed by atoms with van der Waals surface area (Å²) in [5, 5.41) is 3.28. The predicted octanol–water partition coefficient (Wildman–Crippen LogP) is 4.09. The lowest BCUT2D eigenvalue weighted by atomic mass is 10.3. The summed E-state index contributed by atoms with van der Waals surface area (Å²) in [5.41, 5.74) is 2.03. The van der Waals surface area contributed by atoms with Crippen LogP contribution in [0.5, 0.6) is 5.75 Å². The number of hydrogen-bond acceptors (Lipinski definition) is 6. The van der Waals surface area contributed by atoms with E-state index in [1.165, 1.54) is 11.3 Å². The number of carbonyl (C=O) groups excluding carboxylic acids is 1. The van der Waals surface area contributed by atoms with E-state index in [4.69, 9.17) is 9.15 Å². The van der Waals surface area contributed by atoms with E-state index in [0.29, 0.717) is 22.8 Å². The van der Waals surface area contributed by atoms with Crippen molar-refractivity contribution in [3.63, 3.8) is 0 Å². The van der Waals surface area contributed by atoms with Crippen molar-refractivity contribution in [1.29, 1.82) is 0 Å². The molecule has 0 aliphatic carbocycles. The van der Waals surface area contributed by atoms with Crippen molar-refractivity contribution in [2.75, 3.05) is 11.9 Å². The predicted molar refractivity (Wildman–Crippen MR) is 92.8 cm³/mol. The molecule has 0 saturated carbocycles. The fourth-order valence-electron chi connectivity index (χ4n) is 2.36. The lowest BCUT2D eigenvalue weighted by Crippen LogP contribution is -2.10. The van der Waals surface area contributed by atoms with Crippen molar-refractivity contribution in [2.24, 2.45) is 0 Å². The highest BCUT2D eigenvalue weighted by atomic mass is 32.1. The first kappa shape index (κ1) is 14.6. The number of fused-ring (bicyclic) bond motifs is 2. The number of rotatable bonds is 4. The maximum absolute atomic E-state index is 12.3. The number of furan rings is 1. The van der Waals surface area contributed by atoms with Gasteiger partial charge < -0.3 is 9.15 Å². The maximum atomic E-state index is 12.3. The first-order valence-electron chi connectivity index (χ1n) is 7.42. The minimum atomic E-state index is -0.350. The molecule has 0 atom stereocenters. The third-order valence-corrected chi connectivity index (χ3v) is 4.34. The fourth-order valence-corrected chi connectivity index (χ4v) is 3.24. The van der Waals surface area contributed by atoms with Gasteiger partial charge in [0, 0.05) is 12.3 Å². The number of carbonyl (C=O) groups is 1. The zero-order valence-electron chi connectivity index (χ0n) is 12.8. The molecule has 120 valence electrons. The lowest BCUT2D eigenvalue weighted by Gasteiger charge is -2.00. The van der Waals surface area contributed by atoms with Crippen LogP contribution < -0.4 is 10.1 Å². The van der Waals surface area contributed by atoms with E-state index in [9.17, 15) is 4.79 Å². The molecule has 4 aromatic rings. The minimum absolute atomic E-state index is 0.206. The number of amides is 1. The van der Waals surface area contributed by atoms with Gasteiger partial charge in [-0.1, -0.05) is 11.3 Å². The molecular formula is C17H13N3O3S. The van der Waals surface area contributed by atoms with Gasteiger partial charge in [0.15, 0.2) is 16.5 Å². The number of anilines is 1. The summed E-state index contributed by atoms with van der Waals surface area (Å²) in [6, 6.07) is 10.8. The average Bonchev–Trinajstić information content (AvgIpc) is 3.17. The van der Waals surface area contributed by atoms with Crippen molar-refractivity contribution < 1.29 is 13.9 Å². The van der Waals surface area contributed by atoms with Crippen LogP contribution in [0.4, 0.5) is 5.13 Å². The number of benzene rings is 1. The van der Waals surface area contributed by atoms with Crippen LogP contribution in [0.15, 0.2) is 47.0 Å². The van der Waals surface area contributed by atoms with Gasteiger partial charge in [0.1, 0.15) is 11.3 Å². The van der Waals surface area contributed by atoms with Gasteiger partial charge in [-0.25, -0.2) is 4.98 Å². The second-order valence-electron chi connectivity index (χ2n) is 5.03. The zero-order chi connectivity index (χ0) is 16.5. The van der Waals surface area contributed by atoms with Crippen molar-refractivity contribution in [1.82, 2.24) is 9.97 Å². The Morgan fingerprint density at radius 2 is 2.21 bits per heavy atom. The van der Waals surface area contributed by atoms with E-state index < -0.39 is 0 Å². The number of pyridine rings is 1. The van der Waals surface area contributed by atoms with E-state index >= 15 is 0 Å². The van der Waals surface area contributed by atoms with Gasteiger partial charge in [0.05, 0.1) is 16.8 Å². The molecule has 0 unspecified atom stereocenters. The third kappa shape index (κ3) is 2.69. The molecule has 1 amide bonds. The molecule has 1 N–H and O–H groups in total. The molecular weight excluding hydrogens is 326 g/mol. The van der Waals surface area contributed by atoms with Gasteiger partial charge in [-0.3, -0.25) is 15.1 Å². The molecule has 6 nitrogen and oxygen atoms in total. The normalized spacial score (nSPS) is 11.0. The molecule has 1 aromatic carbocycles. The van der Waals surface area contributed by atoms with Crippen LogP contribution in [0.25, 0.3) is 21.3 Å². The largest absolute Gasteiger partial charge is 0.494 e. The van der Waals surface area contributed by atoms with Crippen LogP contribution in [-0.2, 0) is 0 Å². The number of nitrogens with one attached hydrogen (secondary N) is 1. The monoisotopic (exact) mass is 339 g/mol. The van der Waals surface area contributed by atoms with E-state index in [1.807, 2.05) is 25.1 Å².